The summed E-state index contributed by atoms with van der Waals surface area (Å²) < 4.78 is 21.2. The molecular weight excluding hydrogens is 200 g/mol. The van der Waals surface area contributed by atoms with Crippen LogP contribution in [0.25, 0.3) is 0 Å². The van der Waals surface area contributed by atoms with E-state index in [4.69, 9.17) is 18.9 Å². The van der Waals surface area contributed by atoms with Crippen LogP contribution < -0.4 is 0 Å². The molecule has 1 saturated heterocycles. The Balaban J connectivity index is 1.90. The summed E-state index contributed by atoms with van der Waals surface area (Å²) in [5.74, 6) is -0.367. The Hall–Kier alpha value is -1.07. The van der Waals surface area contributed by atoms with Crippen LogP contribution in [0.5, 0.6) is 0 Å². The monoisotopic (exact) mass is 214 g/mol. The molecule has 2 atom stereocenters. The molecule has 1 unspecified atom stereocenters. The first kappa shape index (κ1) is 10.4. The van der Waals surface area contributed by atoms with E-state index in [1.807, 2.05) is 13.8 Å². The van der Waals surface area contributed by atoms with Gasteiger partial charge in [-0.15, -0.1) is 0 Å². The molecular formula is C10H14O5. The lowest BCUT2D eigenvalue weighted by Gasteiger charge is -2.17. The third-order valence-corrected chi connectivity index (χ3v) is 2.12. The minimum Gasteiger partial charge on any atom is -0.463 e. The molecule has 84 valence electrons. The quantitative estimate of drug-likeness (QED) is 0.640. The minimum atomic E-state index is -0.612. The van der Waals surface area contributed by atoms with Crippen molar-refractivity contribution in [2.24, 2.45) is 0 Å². The molecule has 5 heteroatoms. The van der Waals surface area contributed by atoms with Gasteiger partial charge in [0, 0.05) is 6.92 Å². The van der Waals surface area contributed by atoms with Gasteiger partial charge in [-0.3, -0.25) is 4.79 Å². The highest BCUT2D eigenvalue weighted by Crippen LogP contribution is 2.35. The van der Waals surface area contributed by atoms with Crippen molar-refractivity contribution in [3.8, 4) is 0 Å². The molecule has 0 aliphatic carbocycles. The Morgan fingerprint density at radius 1 is 1.53 bits per heavy atom. The molecule has 0 N–H and O–H groups in total. The standard InChI is InChI=1S/C10H14O5/c1-6(11)12-5-7-4-8-9(13-7)15-10(2,3)14-8/h4,8-9H,5H2,1-3H3/t8?,9-/m0/s1. The molecule has 2 aliphatic rings. The molecule has 0 saturated carbocycles. The predicted octanol–water partition coefficient (Wildman–Crippen LogP) is 0.941. The van der Waals surface area contributed by atoms with Gasteiger partial charge >= 0.3 is 5.97 Å². The van der Waals surface area contributed by atoms with Gasteiger partial charge in [0.2, 0.25) is 6.29 Å². The number of rotatable bonds is 2. The number of hydrogen-bond donors (Lipinski definition) is 0. The molecule has 0 spiro atoms. The third kappa shape index (κ3) is 2.30. The van der Waals surface area contributed by atoms with E-state index >= 15 is 0 Å². The van der Waals surface area contributed by atoms with Gasteiger partial charge in [-0.25, -0.2) is 0 Å². The molecule has 0 radical (unpaired) electrons. The normalized spacial score (nSPS) is 31.8. The molecule has 5 nitrogen and oxygen atoms in total. The summed E-state index contributed by atoms with van der Waals surface area (Å²) in [6.45, 7) is 5.14. The number of ether oxygens (including phenoxy) is 4. The molecule has 2 rings (SSSR count). The summed E-state index contributed by atoms with van der Waals surface area (Å²) in [5, 5.41) is 0. The fourth-order valence-corrected chi connectivity index (χ4v) is 1.59. The van der Waals surface area contributed by atoms with Crippen LogP contribution in [0.2, 0.25) is 0 Å². The summed E-state index contributed by atoms with van der Waals surface area (Å²) in [7, 11) is 0. The molecule has 0 aromatic carbocycles. The van der Waals surface area contributed by atoms with E-state index in [0.717, 1.165) is 0 Å². The Kier molecular flexibility index (Phi) is 2.44. The highest BCUT2D eigenvalue weighted by molar-refractivity contribution is 5.66. The van der Waals surface area contributed by atoms with Crippen LogP contribution in [0.4, 0.5) is 0 Å². The van der Waals surface area contributed by atoms with Crippen LogP contribution in [0.1, 0.15) is 20.8 Å². The summed E-state index contributed by atoms with van der Waals surface area (Å²) in [4.78, 5) is 10.6. The van der Waals surface area contributed by atoms with E-state index in [-0.39, 0.29) is 18.7 Å². The minimum absolute atomic E-state index is 0.134. The lowest BCUT2D eigenvalue weighted by molar-refractivity contribution is -0.183. The van der Waals surface area contributed by atoms with E-state index in [9.17, 15) is 4.79 Å². The Morgan fingerprint density at radius 2 is 2.27 bits per heavy atom. The topological polar surface area (TPSA) is 54.0 Å². The predicted molar refractivity (Wildman–Crippen MR) is 49.6 cm³/mol. The second kappa shape index (κ2) is 3.50. The average Bonchev–Trinajstić information content (AvgIpc) is 2.53. The second-order valence-electron chi connectivity index (χ2n) is 4.00. The maximum Gasteiger partial charge on any atom is 0.303 e. The van der Waals surface area contributed by atoms with E-state index in [1.54, 1.807) is 6.08 Å². The van der Waals surface area contributed by atoms with Crippen molar-refractivity contribution in [2.45, 2.75) is 39.0 Å². The van der Waals surface area contributed by atoms with Gasteiger partial charge in [0.25, 0.3) is 0 Å². The Bertz CT molecular complexity index is 307. The lowest BCUT2D eigenvalue weighted by atomic mass is 10.3. The number of esters is 1. The van der Waals surface area contributed by atoms with Crippen molar-refractivity contribution >= 4 is 5.97 Å². The van der Waals surface area contributed by atoms with E-state index in [0.29, 0.717) is 5.76 Å². The Labute approximate surface area is 87.9 Å². The zero-order valence-corrected chi connectivity index (χ0v) is 8.98. The molecule has 0 aromatic rings. The third-order valence-electron chi connectivity index (χ3n) is 2.12. The molecule has 2 heterocycles. The SMILES string of the molecule is CC(=O)OCC1=CC2OC(C)(C)O[C@@H]2O1. The molecule has 0 aromatic heterocycles. The zero-order valence-electron chi connectivity index (χ0n) is 8.98. The van der Waals surface area contributed by atoms with Crippen molar-refractivity contribution in [1.82, 2.24) is 0 Å². The smallest absolute Gasteiger partial charge is 0.303 e. The molecule has 2 aliphatic heterocycles. The summed E-state index contributed by atoms with van der Waals surface area (Å²) in [6, 6.07) is 0. The fraction of sp³-hybridized carbons (Fsp3) is 0.700. The molecule has 0 bridgehead atoms. The van der Waals surface area contributed by atoms with E-state index in [2.05, 4.69) is 0 Å². The maximum absolute atomic E-state index is 10.6. The summed E-state index contributed by atoms with van der Waals surface area (Å²) in [6.07, 6.45) is 1.17. The molecule has 0 amide bonds. The van der Waals surface area contributed by atoms with Crippen molar-refractivity contribution in [3.63, 3.8) is 0 Å². The number of hydrogen-bond acceptors (Lipinski definition) is 5. The van der Waals surface area contributed by atoms with Gasteiger partial charge in [-0.1, -0.05) is 0 Å². The van der Waals surface area contributed by atoms with Gasteiger partial charge in [0.1, 0.15) is 18.5 Å². The maximum atomic E-state index is 10.6. The number of carbonyl (C=O) groups is 1. The van der Waals surface area contributed by atoms with Crippen LogP contribution in [-0.4, -0.2) is 30.8 Å². The fourth-order valence-electron chi connectivity index (χ4n) is 1.59. The Morgan fingerprint density at radius 3 is 2.87 bits per heavy atom. The first-order chi connectivity index (χ1) is 6.96. The van der Waals surface area contributed by atoms with Gasteiger partial charge < -0.3 is 18.9 Å². The first-order valence-corrected chi connectivity index (χ1v) is 4.83. The van der Waals surface area contributed by atoms with Gasteiger partial charge in [0.05, 0.1) is 0 Å². The van der Waals surface area contributed by atoms with Gasteiger partial charge in [0.15, 0.2) is 5.79 Å². The highest BCUT2D eigenvalue weighted by atomic mass is 16.8. The van der Waals surface area contributed by atoms with Crippen LogP contribution in [0.15, 0.2) is 11.8 Å². The molecule has 1 fully saturated rings. The summed E-state index contributed by atoms with van der Waals surface area (Å²) >= 11 is 0. The zero-order chi connectivity index (χ0) is 11.1. The largest absolute Gasteiger partial charge is 0.463 e. The van der Waals surface area contributed by atoms with Crippen LogP contribution >= 0.6 is 0 Å². The lowest BCUT2D eigenvalue weighted by Crippen LogP contribution is -2.22. The van der Waals surface area contributed by atoms with Crippen LogP contribution in [0.3, 0.4) is 0 Å². The van der Waals surface area contributed by atoms with Crippen LogP contribution in [0, 0.1) is 0 Å². The summed E-state index contributed by atoms with van der Waals surface area (Å²) in [5.41, 5.74) is 0. The van der Waals surface area contributed by atoms with E-state index < -0.39 is 12.1 Å². The highest BCUT2D eigenvalue weighted by Gasteiger charge is 2.45. The van der Waals surface area contributed by atoms with Gasteiger partial charge in [-0.2, -0.15) is 0 Å². The molecule has 15 heavy (non-hydrogen) atoms. The van der Waals surface area contributed by atoms with E-state index in [1.165, 1.54) is 6.92 Å². The van der Waals surface area contributed by atoms with Gasteiger partial charge in [-0.05, 0) is 19.9 Å². The van der Waals surface area contributed by atoms with Crippen LogP contribution in [-0.2, 0) is 23.7 Å². The van der Waals surface area contributed by atoms with Crippen molar-refractivity contribution < 1.29 is 23.7 Å². The van der Waals surface area contributed by atoms with Crippen molar-refractivity contribution in [2.75, 3.05) is 6.61 Å². The van der Waals surface area contributed by atoms with Crippen molar-refractivity contribution in [1.29, 1.82) is 0 Å². The number of fused-ring (bicyclic) bond motifs is 1. The average molecular weight is 214 g/mol. The second-order valence-corrected chi connectivity index (χ2v) is 4.00. The first-order valence-electron chi connectivity index (χ1n) is 4.83. The van der Waals surface area contributed by atoms with Crippen molar-refractivity contribution in [3.05, 3.63) is 11.8 Å². The number of carbonyl (C=O) groups excluding carboxylic acids is 1.